The van der Waals surface area contributed by atoms with Gasteiger partial charge in [0, 0.05) is 0 Å². The number of aliphatic hydroxyl groups excluding tert-OH is 2. The second-order valence-corrected chi connectivity index (χ2v) is 8.45. The highest BCUT2D eigenvalue weighted by atomic mass is 31.2. The van der Waals surface area contributed by atoms with Crippen molar-refractivity contribution in [2.45, 2.75) is 64.3 Å². The zero-order chi connectivity index (χ0) is 21.3. The Hall–Kier alpha value is -1.53. The van der Waals surface area contributed by atoms with Gasteiger partial charge in [-0.15, -0.1) is 0 Å². The molecule has 0 saturated carbocycles. The van der Waals surface area contributed by atoms with Crippen LogP contribution in [0.2, 0.25) is 0 Å². The molecule has 0 aromatic heterocycles. The van der Waals surface area contributed by atoms with Gasteiger partial charge < -0.3 is 20.0 Å². The highest BCUT2D eigenvalue weighted by Crippen LogP contribution is 2.51. The molecule has 4 N–H and O–H groups in total. The SMILES string of the molecule is CCCCCCCC(OP(=O)(O)O)(c1ccc(CO)cc1)c1ccc(CO)cc1. The quantitative estimate of drug-likeness (QED) is 0.299. The number of hydrogen-bond acceptors (Lipinski definition) is 4. The van der Waals surface area contributed by atoms with Crippen LogP contribution in [0.25, 0.3) is 0 Å². The molecular weight excluding hydrogens is 391 g/mol. The van der Waals surface area contributed by atoms with Gasteiger partial charge in [-0.2, -0.15) is 0 Å². The number of hydrogen-bond donors (Lipinski definition) is 4. The van der Waals surface area contributed by atoms with Crippen LogP contribution in [0.1, 0.15) is 67.7 Å². The summed E-state index contributed by atoms with van der Waals surface area (Å²) in [7, 11) is -4.82. The molecule has 0 radical (unpaired) electrons. The van der Waals surface area contributed by atoms with Gasteiger partial charge in [0.1, 0.15) is 5.60 Å². The van der Waals surface area contributed by atoms with E-state index in [2.05, 4.69) is 6.92 Å². The van der Waals surface area contributed by atoms with Gasteiger partial charge in [-0.05, 0) is 35.1 Å². The minimum atomic E-state index is -4.82. The van der Waals surface area contributed by atoms with Crippen molar-refractivity contribution in [1.29, 1.82) is 0 Å². The molecule has 0 bridgehead atoms. The van der Waals surface area contributed by atoms with E-state index in [1.165, 1.54) is 0 Å². The van der Waals surface area contributed by atoms with Gasteiger partial charge in [0.2, 0.25) is 0 Å². The summed E-state index contributed by atoms with van der Waals surface area (Å²) in [5.74, 6) is 0. The van der Waals surface area contributed by atoms with Crippen LogP contribution in [0.4, 0.5) is 0 Å². The van der Waals surface area contributed by atoms with Crippen molar-refractivity contribution in [2.24, 2.45) is 0 Å². The molecule has 2 aromatic carbocycles. The predicted octanol–water partition coefficient (Wildman–Crippen LogP) is 4.38. The largest absolute Gasteiger partial charge is 0.470 e. The van der Waals surface area contributed by atoms with E-state index < -0.39 is 13.4 Å². The van der Waals surface area contributed by atoms with Crippen molar-refractivity contribution in [3.63, 3.8) is 0 Å². The fourth-order valence-electron chi connectivity index (χ4n) is 3.55. The first-order valence-electron chi connectivity index (χ1n) is 10.0. The van der Waals surface area contributed by atoms with Crippen molar-refractivity contribution in [3.8, 4) is 0 Å². The van der Waals surface area contributed by atoms with E-state index in [9.17, 15) is 24.6 Å². The van der Waals surface area contributed by atoms with Crippen LogP contribution in [0.5, 0.6) is 0 Å². The van der Waals surface area contributed by atoms with E-state index in [4.69, 9.17) is 4.52 Å². The van der Waals surface area contributed by atoms with Crippen LogP contribution in [0.15, 0.2) is 48.5 Å². The zero-order valence-electron chi connectivity index (χ0n) is 16.8. The number of phosphoric ester groups is 1. The van der Waals surface area contributed by atoms with Gasteiger partial charge >= 0.3 is 7.82 Å². The molecule has 0 saturated heterocycles. The molecule has 0 amide bonds. The Labute approximate surface area is 172 Å². The average Bonchev–Trinajstić information content (AvgIpc) is 2.72. The first kappa shape index (κ1) is 23.7. The van der Waals surface area contributed by atoms with Crippen molar-refractivity contribution in [1.82, 2.24) is 0 Å². The Balaban J connectivity index is 2.50. The Morgan fingerprint density at radius 2 is 1.24 bits per heavy atom. The van der Waals surface area contributed by atoms with Gasteiger partial charge in [0.05, 0.1) is 13.2 Å². The van der Waals surface area contributed by atoms with Gasteiger partial charge in [0.25, 0.3) is 0 Å². The lowest BCUT2D eigenvalue weighted by atomic mass is 9.81. The first-order valence-corrected chi connectivity index (χ1v) is 11.5. The molecule has 0 aliphatic rings. The standard InChI is InChI=1S/C22H31O6P/c1-2-3-4-5-6-15-22(28-29(25,26)27,20-11-7-18(16-23)8-12-20)21-13-9-19(17-24)10-14-21/h7-14,23-24H,2-6,15-17H2,1H3,(H2,25,26,27). The molecule has 0 fully saturated rings. The molecule has 0 aliphatic heterocycles. The summed E-state index contributed by atoms with van der Waals surface area (Å²) in [6.07, 6.45) is 5.35. The summed E-state index contributed by atoms with van der Waals surface area (Å²) < 4.78 is 17.5. The van der Waals surface area contributed by atoms with E-state index in [1.807, 2.05) is 0 Å². The fourth-order valence-corrected chi connectivity index (χ4v) is 4.25. The lowest BCUT2D eigenvalue weighted by Crippen LogP contribution is -2.30. The molecule has 0 atom stereocenters. The van der Waals surface area contributed by atoms with E-state index in [1.54, 1.807) is 48.5 Å². The van der Waals surface area contributed by atoms with E-state index in [0.29, 0.717) is 28.7 Å². The predicted molar refractivity (Wildman–Crippen MR) is 112 cm³/mol. The maximum atomic E-state index is 12.0. The summed E-state index contributed by atoms with van der Waals surface area (Å²) in [5.41, 5.74) is 1.32. The Morgan fingerprint density at radius 3 is 1.62 bits per heavy atom. The average molecular weight is 422 g/mol. The second-order valence-electron chi connectivity index (χ2n) is 7.28. The maximum absolute atomic E-state index is 12.0. The monoisotopic (exact) mass is 422 g/mol. The third-order valence-electron chi connectivity index (χ3n) is 5.11. The third-order valence-corrected chi connectivity index (χ3v) is 5.66. The van der Waals surface area contributed by atoms with Crippen LogP contribution in [-0.2, 0) is 27.9 Å². The van der Waals surface area contributed by atoms with Crippen LogP contribution in [-0.4, -0.2) is 20.0 Å². The smallest absolute Gasteiger partial charge is 0.392 e. The normalized spacial score (nSPS) is 12.3. The van der Waals surface area contributed by atoms with Gasteiger partial charge in [-0.1, -0.05) is 81.1 Å². The van der Waals surface area contributed by atoms with Gasteiger partial charge in [0.15, 0.2) is 0 Å². The maximum Gasteiger partial charge on any atom is 0.470 e. The van der Waals surface area contributed by atoms with Crippen LogP contribution >= 0.6 is 7.82 Å². The molecule has 0 aliphatic carbocycles. The molecule has 0 unspecified atom stereocenters. The lowest BCUT2D eigenvalue weighted by Gasteiger charge is -2.35. The topological polar surface area (TPSA) is 107 Å². The number of benzene rings is 2. The van der Waals surface area contributed by atoms with Crippen LogP contribution < -0.4 is 0 Å². The second kappa shape index (κ2) is 11.0. The molecule has 0 heterocycles. The summed E-state index contributed by atoms with van der Waals surface area (Å²) in [4.78, 5) is 19.5. The minimum absolute atomic E-state index is 0.116. The lowest BCUT2D eigenvalue weighted by molar-refractivity contribution is 0.0551. The zero-order valence-corrected chi connectivity index (χ0v) is 17.7. The van der Waals surface area contributed by atoms with Crippen molar-refractivity contribution in [3.05, 3.63) is 70.8 Å². The number of rotatable bonds is 12. The van der Waals surface area contributed by atoms with Crippen LogP contribution in [0.3, 0.4) is 0 Å². The molecule has 160 valence electrons. The molecule has 6 nitrogen and oxygen atoms in total. The summed E-state index contributed by atoms with van der Waals surface area (Å²) in [5, 5.41) is 18.7. The Bertz CT molecular complexity index is 734. The first-order chi connectivity index (χ1) is 13.8. The molecule has 2 aromatic rings. The summed E-state index contributed by atoms with van der Waals surface area (Å²) in [6.45, 7) is 1.90. The van der Waals surface area contributed by atoms with Gasteiger partial charge in [-0.3, -0.25) is 4.52 Å². The van der Waals surface area contributed by atoms with E-state index in [-0.39, 0.29) is 13.2 Å². The number of phosphoric acid groups is 1. The minimum Gasteiger partial charge on any atom is -0.392 e. The highest BCUT2D eigenvalue weighted by molar-refractivity contribution is 7.46. The van der Waals surface area contributed by atoms with Crippen LogP contribution in [0, 0.1) is 0 Å². The summed E-state index contributed by atoms with van der Waals surface area (Å²) >= 11 is 0. The Kier molecular flexibility index (Phi) is 9.03. The van der Waals surface area contributed by atoms with Crippen molar-refractivity contribution >= 4 is 7.82 Å². The highest BCUT2D eigenvalue weighted by Gasteiger charge is 2.41. The molecule has 0 spiro atoms. The Morgan fingerprint density at radius 1 is 0.793 bits per heavy atom. The molecule has 7 heteroatoms. The van der Waals surface area contributed by atoms with Gasteiger partial charge in [-0.25, -0.2) is 4.57 Å². The number of aliphatic hydroxyl groups is 2. The van der Waals surface area contributed by atoms with Crippen molar-refractivity contribution < 1.29 is 29.1 Å². The molecule has 29 heavy (non-hydrogen) atoms. The van der Waals surface area contributed by atoms with E-state index >= 15 is 0 Å². The molecule has 2 rings (SSSR count). The number of unbranched alkanes of at least 4 members (excludes halogenated alkanes) is 4. The molecular formula is C22H31O6P. The third kappa shape index (κ3) is 6.75. The fraction of sp³-hybridized carbons (Fsp3) is 0.455. The summed E-state index contributed by atoms with van der Waals surface area (Å²) in [6, 6.07) is 13.9. The van der Waals surface area contributed by atoms with Crippen molar-refractivity contribution in [2.75, 3.05) is 0 Å². The van der Waals surface area contributed by atoms with E-state index in [0.717, 1.165) is 32.1 Å².